The fraction of sp³-hybridized carbons (Fsp3) is 1.00. The number of piperazine rings is 1. The molecular weight excluding hydrogens is 180 g/mol. The zero-order chi connectivity index (χ0) is 11.1. The molecule has 4 nitrogen and oxygen atoms in total. The maximum absolute atomic E-state index is 10.0. The van der Waals surface area contributed by atoms with Crippen LogP contribution >= 0.6 is 0 Å². The molecule has 1 unspecified atom stereocenters. The van der Waals surface area contributed by atoms with Crippen LogP contribution in [0, 0.1) is 0 Å². The third kappa shape index (κ3) is 1.67. The molecule has 2 N–H and O–H groups in total. The van der Waals surface area contributed by atoms with E-state index in [1.165, 1.54) is 10.1 Å². The van der Waals surface area contributed by atoms with E-state index in [4.69, 9.17) is 0 Å². The minimum atomic E-state index is -0.404. The largest absolute Gasteiger partial charge is 0.313 e. The van der Waals surface area contributed by atoms with Crippen LogP contribution in [-0.2, 0) is 0 Å². The van der Waals surface area contributed by atoms with Crippen molar-refractivity contribution in [3.8, 4) is 0 Å². The van der Waals surface area contributed by atoms with Crippen LogP contribution in [-0.4, -0.2) is 44.2 Å². The van der Waals surface area contributed by atoms with E-state index in [0.29, 0.717) is 6.54 Å². The summed E-state index contributed by atoms with van der Waals surface area (Å²) in [6.07, 6.45) is 0.810. The molecule has 1 rings (SSSR count). The van der Waals surface area contributed by atoms with Crippen LogP contribution in [0.5, 0.6) is 0 Å². The van der Waals surface area contributed by atoms with E-state index in [9.17, 15) is 10.4 Å². The Balaban J connectivity index is 2.98. The van der Waals surface area contributed by atoms with Crippen LogP contribution in [0.2, 0.25) is 0 Å². The van der Waals surface area contributed by atoms with Gasteiger partial charge in [0.25, 0.3) is 0 Å². The Morgan fingerprint density at radius 1 is 1.21 bits per heavy atom. The van der Waals surface area contributed by atoms with Crippen molar-refractivity contribution in [3.05, 3.63) is 0 Å². The molecule has 0 aromatic carbocycles. The highest BCUT2D eigenvalue weighted by Crippen LogP contribution is 2.34. The van der Waals surface area contributed by atoms with Gasteiger partial charge in [-0.3, -0.25) is 0 Å². The molecule has 0 spiro atoms. The second kappa shape index (κ2) is 3.45. The van der Waals surface area contributed by atoms with E-state index >= 15 is 0 Å². The molecular formula is C10H22N2O2. The fourth-order valence-corrected chi connectivity index (χ4v) is 2.21. The van der Waals surface area contributed by atoms with Crippen molar-refractivity contribution in [1.82, 2.24) is 10.1 Å². The Hall–Kier alpha value is -0.160. The Kier molecular flexibility index (Phi) is 2.94. The zero-order valence-corrected chi connectivity index (χ0v) is 9.78. The van der Waals surface area contributed by atoms with Crippen molar-refractivity contribution >= 4 is 0 Å². The average Bonchev–Trinajstić information content (AvgIpc) is 2.02. The summed E-state index contributed by atoms with van der Waals surface area (Å²) < 4.78 is 0. The number of hydrogen-bond acceptors (Lipinski definition) is 4. The molecule has 0 radical (unpaired) electrons. The van der Waals surface area contributed by atoms with Gasteiger partial charge in [0, 0.05) is 6.54 Å². The van der Waals surface area contributed by atoms with Crippen molar-refractivity contribution in [2.45, 2.75) is 58.2 Å². The molecule has 14 heavy (non-hydrogen) atoms. The first-order valence-electron chi connectivity index (χ1n) is 5.18. The van der Waals surface area contributed by atoms with Crippen LogP contribution in [0.3, 0.4) is 0 Å². The molecule has 1 aliphatic heterocycles. The van der Waals surface area contributed by atoms with E-state index in [1.807, 2.05) is 34.6 Å². The van der Waals surface area contributed by atoms with Gasteiger partial charge in [-0.1, -0.05) is 6.92 Å². The van der Waals surface area contributed by atoms with Crippen LogP contribution in [0.1, 0.15) is 41.0 Å². The lowest BCUT2D eigenvalue weighted by molar-refractivity contribution is -0.314. The van der Waals surface area contributed by atoms with Crippen LogP contribution in [0.25, 0.3) is 0 Å². The summed E-state index contributed by atoms with van der Waals surface area (Å²) in [7, 11) is 0. The summed E-state index contributed by atoms with van der Waals surface area (Å²) in [5.74, 6) is 0. The molecule has 1 saturated heterocycles. The monoisotopic (exact) mass is 202 g/mol. The quantitative estimate of drug-likeness (QED) is 0.679. The fourth-order valence-electron chi connectivity index (χ4n) is 2.21. The standard InChI is InChI=1S/C10H22N2O2/c1-6-8-10(4,5)11(13)7-9(2,3)12(8)14/h8,13-14H,6-7H2,1-5H3. The molecule has 1 aliphatic rings. The highest BCUT2D eigenvalue weighted by molar-refractivity contribution is 5.00. The van der Waals surface area contributed by atoms with Crippen molar-refractivity contribution in [2.75, 3.05) is 6.54 Å². The lowest BCUT2D eigenvalue weighted by Gasteiger charge is -2.54. The Morgan fingerprint density at radius 3 is 2.14 bits per heavy atom. The first-order valence-corrected chi connectivity index (χ1v) is 5.18. The van der Waals surface area contributed by atoms with Crippen molar-refractivity contribution in [3.63, 3.8) is 0 Å². The van der Waals surface area contributed by atoms with Gasteiger partial charge in [0.05, 0.1) is 17.1 Å². The van der Waals surface area contributed by atoms with Gasteiger partial charge < -0.3 is 10.4 Å². The minimum Gasteiger partial charge on any atom is -0.313 e. The topological polar surface area (TPSA) is 46.9 Å². The predicted octanol–water partition coefficient (Wildman–Crippen LogP) is 1.72. The lowest BCUT2D eigenvalue weighted by atomic mass is 9.84. The molecule has 1 heterocycles. The summed E-state index contributed by atoms with van der Waals surface area (Å²) >= 11 is 0. The summed E-state index contributed by atoms with van der Waals surface area (Å²) in [5.41, 5.74) is -0.802. The van der Waals surface area contributed by atoms with Gasteiger partial charge in [-0.2, -0.15) is 10.1 Å². The maximum Gasteiger partial charge on any atom is 0.0583 e. The minimum absolute atomic E-state index is 0.0451. The average molecular weight is 202 g/mol. The Morgan fingerprint density at radius 2 is 1.71 bits per heavy atom. The van der Waals surface area contributed by atoms with E-state index in [0.717, 1.165) is 6.42 Å². The number of hydroxylamine groups is 4. The summed E-state index contributed by atoms with van der Waals surface area (Å²) in [4.78, 5) is 0. The normalized spacial score (nSPS) is 33.2. The van der Waals surface area contributed by atoms with Crippen molar-refractivity contribution in [1.29, 1.82) is 0 Å². The van der Waals surface area contributed by atoms with Gasteiger partial charge in [-0.05, 0) is 34.1 Å². The van der Waals surface area contributed by atoms with Gasteiger partial charge >= 0.3 is 0 Å². The Bertz CT molecular complexity index is 216. The first kappa shape index (κ1) is 11.9. The molecule has 1 fully saturated rings. The summed E-state index contributed by atoms with van der Waals surface area (Å²) in [6.45, 7) is 10.2. The molecule has 0 bridgehead atoms. The SMILES string of the molecule is CCC1N(O)C(C)(C)CN(O)C1(C)C. The van der Waals surface area contributed by atoms with Crippen molar-refractivity contribution < 1.29 is 10.4 Å². The molecule has 0 amide bonds. The maximum atomic E-state index is 10.0. The van der Waals surface area contributed by atoms with E-state index < -0.39 is 11.1 Å². The highest BCUT2D eigenvalue weighted by atomic mass is 16.5. The van der Waals surface area contributed by atoms with E-state index in [2.05, 4.69) is 0 Å². The van der Waals surface area contributed by atoms with Crippen LogP contribution < -0.4 is 0 Å². The molecule has 0 saturated carbocycles. The number of nitrogens with zero attached hydrogens (tertiary/aromatic N) is 2. The molecule has 4 heteroatoms. The van der Waals surface area contributed by atoms with Gasteiger partial charge in [-0.15, -0.1) is 0 Å². The summed E-state index contributed by atoms with van der Waals surface area (Å²) in [6, 6.07) is -0.0451. The van der Waals surface area contributed by atoms with Crippen LogP contribution in [0.4, 0.5) is 0 Å². The third-order valence-electron chi connectivity index (χ3n) is 3.32. The number of hydrogen-bond donors (Lipinski definition) is 2. The van der Waals surface area contributed by atoms with Gasteiger partial charge in [0.15, 0.2) is 0 Å². The third-order valence-corrected chi connectivity index (χ3v) is 3.32. The van der Waals surface area contributed by atoms with Gasteiger partial charge in [0.1, 0.15) is 0 Å². The molecule has 84 valence electrons. The lowest BCUT2D eigenvalue weighted by Crippen LogP contribution is -2.70. The van der Waals surface area contributed by atoms with Gasteiger partial charge in [0.2, 0.25) is 0 Å². The molecule has 0 aliphatic carbocycles. The van der Waals surface area contributed by atoms with Crippen molar-refractivity contribution in [2.24, 2.45) is 0 Å². The Labute approximate surface area is 86.0 Å². The molecule has 0 aromatic rings. The van der Waals surface area contributed by atoms with E-state index in [-0.39, 0.29) is 6.04 Å². The smallest absolute Gasteiger partial charge is 0.0583 e. The van der Waals surface area contributed by atoms with Crippen LogP contribution in [0.15, 0.2) is 0 Å². The molecule has 0 aromatic heterocycles. The first-order chi connectivity index (χ1) is 6.23. The second-order valence-corrected chi connectivity index (χ2v) is 5.29. The summed E-state index contributed by atoms with van der Waals surface area (Å²) in [5, 5.41) is 22.7. The second-order valence-electron chi connectivity index (χ2n) is 5.29. The zero-order valence-electron chi connectivity index (χ0n) is 9.78. The van der Waals surface area contributed by atoms with E-state index in [1.54, 1.807) is 0 Å². The molecule has 1 atom stereocenters. The predicted molar refractivity (Wildman–Crippen MR) is 54.4 cm³/mol. The van der Waals surface area contributed by atoms with Gasteiger partial charge in [-0.25, -0.2) is 0 Å². The number of rotatable bonds is 1. The highest BCUT2D eigenvalue weighted by Gasteiger charge is 2.49.